The molecule has 8 nitrogen and oxygen atoms in total. The summed E-state index contributed by atoms with van der Waals surface area (Å²) < 4.78 is 2.00. The van der Waals surface area contributed by atoms with Crippen molar-refractivity contribution < 1.29 is 4.92 Å². The van der Waals surface area contributed by atoms with Crippen molar-refractivity contribution in [1.29, 1.82) is 0 Å². The van der Waals surface area contributed by atoms with Crippen LogP contribution in [0.3, 0.4) is 0 Å². The Morgan fingerprint density at radius 1 is 1.35 bits per heavy atom. The molecule has 2 aromatic rings. The molecule has 0 aliphatic carbocycles. The minimum Gasteiger partial charge on any atom is -0.361 e. The van der Waals surface area contributed by atoms with Crippen molar-refractivity contribution in [2.24, 2.45) is 7.05 Å². The second-order valence-electron chi connectivity index (χ2n) is 5.88. The second kappa shape index (κ2) is 6.23. The van der Waals surface area contributed by atoms with Gasteiger partial charge in [0.15, 0.2) is 0 Å². The van der Waals surface area contributed by atoms with Crippen LogP contribution in [0.1, 0.15) is 18.4 Å². The van der Waals surface area contributed by atoms with Gasteiger partial charge in [0, 0.05) is 50.8 Å². The highest BCUT2D eigenvalue weighted by molar-refractivity contribution is 5.57. The molecule has 1 N–H and O–H groups in total. The van der Waals surface area contributed by atoms with E-state index in [0.717, 1.165) is 37.4 Å². The monoisotopic (exact) mass is 316 g/mol. The lowest BCUT2D eigenvalue weighted by Crippen LogP contribution is -2.40. The zero-order valence-corrected chi connectivity index (χ0v) is 13.3. The van der Waals surface area contributed by atoms with Gasteiger partial charge in [-0.25, -0.2) is 9.97 Å². The van der Waals surface area contributed by atoms with Crippen molar-refractivity contribution >= 4 is 17.5 Å². The van der Waals surface area contributed by atoms with Crippen LogP contribution in [0.25, 0.3) is 0 Å². The van der Waals surface area contributed by atoms with Crippen molar-refractivity contribution in [3.8, 4) is 0 Å². The smallest absolute Gasteiger partial charge is 0.311 e. The summed E-state index contributed by atoms with van der Waals surface area (Å²) >= 11 is 0. The van der Waals surface area contributed by atoms with Crippen LogP contribution in [0, 0.1) is 17.0 Å². The molecule has 0 aromatic carbocycles. The second-order valence-corrected chi connectivity index (χ2v) is 5.88. The number of imidazole rings is 1. The Morgan fingerprint density at radius 2 is 2.09 bits per heavy atom. The Kier molecular flexibility index (Phi) is 4.14. The zero-order chi connectivity index (χ0) is 16.4. The van der Waals surface area contributed by atoms with E-state index in [2.05, 4.69) is 20.2 Å². The van der Waals surface area contributed by atoms with Crippen molar-refractivity contribution in [2.75, 3.05) is 23.3 Å². The van der Waals surface area contributed by atoms with Crippen LogP contribution in [0.15, 0.2) is 24.7 Å². The molecule has 0 unspecified atom stereocenters. The third-order valence-corrected chi connectivity index (χ3v) is 4.12. The standard InChI is InChI=1S/C15H20N6O2/c1-11-9-13(21(22)23)14(17-10-11)18-12-3-6-20(7-4-12)15-16-5-8-19(15)2/h5,8-10,12H,3-4,6-7H2,1-2H3,(H,17,18). The Morgan fingerprint density at radius 3 is 2.70 bits per heavy atom. The first-order valence-corrected chi connectivity index (χ1v) is 7.64. The first kappa shape index (κ1) is 15.3. The maximum absolute atomic E-state index is 11.2. The highest BCUT2D eigenvalue weighted by Gasteiger charge is 2.24. The van der Waals surface area contributed by atoms with E-state index in [-0.39, 0.29) is 16.7 Å². The maximum Gasteiger partial charge on any atom is 0.311 e. The van der Waals surface area contributed by atoms with E-state index in [4.69, 9.17) is 0 Å². The SMILES string of the molecule is Cc1cnc(NC2CCN(c3nccn3C)CC2)c([N+](=O)[O-])c1. The molecule has 0 amide bonds. The normalized spacial score (nSPS) is 15.7. The molecule has 1 aliphatic rings. The summed E-state index contributed by atoms with van der Waals surface area (Å²) in [4.78, 5) is 21.6. The largest absolute Gasteiger partial charge is 0.361 e. The van der Waals surface area contributed by atoms with Gasteiger partial charge < -0.3 is 14.8 Å². The fourth-order valence-corrected chi connectivity index (χ4v) is 2.88. The number of rotatable bonds is 4. The zero-order valence-electron chi connectivity index (χ0n) is 13.3. The van der Waals surface area contributed by atoms with Crippen LogP contribution >= 0.6 is 0 Å². The van der Waals surface area contributed by atoms with E-state index in [1.54, 1.807) is 25.4 Å². The quantitative estimate of drug-likeness (QED) is 0.686. The van der Waals surface area contributed by atoms with Gasteiger partial charge in [-0.05, 0) is 25.3 Å². The van der Waals surface area contributed by atoms with Gasteiger partial charge in [-0.15, -0.1) is 0 Å². The van der Waals surface area contributed by atoms with E-state index in [1.807, 2.05) is 17.8 Å². The first-order chi connectivity index (χ1) is 11.0. The van der Waals surface area contributed by atoms with Crippen molar-refractivity contribution in [3.05, 3.63) is 40.3 Å². The van der Waals surface area contributed by atoms with E-state index >= 15 is 0 Å². The van der Waals surface area contributed by atoms with Gasteiger partial charge in [0.05, 0.1) is 4.92 Å². The molecule has 23 heavy (non-hydrogen) atoms. The predicted octanol–water partition coefficient (Wildman–Crippen LogP) is 2.11. The van der Waals surface area contributed by atoms with Gasteiger partial charge in [-0.1, -0.05) is 0 Å². The van der Waals surface area contributed by atoms with E-state index < -0.39 is 0 Å². The fourth-order valence-electron chi connectivity index (χ4n) is 2.88. The molecule has 8 heteroatoms. The van der Waals surface area contributed by atoms with Crippen molar-refractivity contribution in [2.45, 2.75) is 25.8 Å². The highest BCUT2D eigenvalue weighted by Crippen LogP contribution is 2.26. The fraction of sp³-hybridized carbons (Fsp3) is 0.467. The van der Waals surface area contributed by atoms with Gasteiger partial charge in [-0.2, -0.15) is 0 Å². The number of aryl methyl sites for hydroxylation is 2. The molecule has 122 valence electrons. The molecule has 3 rings (SSSR count). The summed E-state index contributed by atoms with van der Waals surface area (Å²) in [6, 6.07) is 1.73. The number of nitrogens with zero attached hydrogens (tertiary/aromatic N) is 5. The first-order valence-electron chi connectivity index (χ1n) is 7.64. The predicted molar refractivity (Wildman–Crippen MR) is 87.7 cm³/mol. The maximum atomic E-state index is 11.2. The van der Waals surface area contributed by atoms with Crippen molar-refractivity contribution in [3.63, 3.8) is 0 Å². The van der Waals surface area contributed by atoms with Crippen LogP contribution in [0.2, 0.25) is 0 Å². The number of hydrogen-bond donors (Lipinski definition) is 1. The molecule has 2 aromatic heterocycles. The third kappa shape index (κ3) is 3.25. The Balaban J connectivity index is 1.65. The van der Waals surface area contributed by atoms with Crippen LogP contribution in [-0.2, 0) is 7.05 Å². The number of aromatic nitrogens is 3. The molecule has 0 saturated carbocycles. The summed E-state index contributed by atoms with van der Waals surface area (Å²) in [5.74, 6) is 1.32. The molecular formula is C15H20N6O2. The third-order valence-electron chi connectivity index (χ3n) is 4.12. The number of pyridine rings is 1. The summed E-state index contributed by atoms with van der Waals surface area (Å²) in [5.41, 5.74) is 0.823. The van der Waals surface area contributed by atoms with Gasteiger partial charge in [0.25, 0.3) is 0 Å². The molecule has 0 spiro atoms. The highest BCUT2D eigenvalue weighted by atomic mass is 16.6. The van der Waals surface area contributed by atoms with Crippen LogP contribution < -0.4 is 10.2 Å². The molecule has 1 saturated heterocycles. The van der Waals surface area contributed by atoms with Gasteiger partial charge in [-0.3, -0.25) is 10.1 Å². The minimum atomic E-state index is -0.384. The number of anilines is 2. The van der Waals surface area contributed by atoms with Gasteiger partial charge in [0.1, 0.15) is 0 Å². The van der Waals surface area contributed by atoms with Crippen LogP contribution in [0.5, 0.6) is 0 Å². The number of piperidine rings is 1. The summed E-state index contributed by atoms with van der Waals surface area (Å²) in [5, 5.41) is 14.4. The van der Waals surface area contributed by atoms with E-state index in [0.29, 0.717) is 5.82 Å². The molecule has 1 fully saturated rings. The van der Waals surface area contributed by atoms with Gasteiger partial charge >= 0.3 is 5.69 Å². The van der Waals surface area contributed by atoms with Crippen LogP contribution in [0.4, 0.5) is 17.5 Å². The Bertz CT molecular complexity index is 706. The summed E-state index contributed by atoms with van der Waals surface area (Å²) in [6.07, 6.45) is 7.15. The van der Waals surface area contributed by atoms with E-state index in [9.17, 15) is 10.1 Å². The number of hydrogen-bond acceptors (Lipinski definition) is 6. The lowest BCUT2D eigenvalue weighted by Gasteiger charge is -2.33. The topological polar surface area (TPSA) is 89.1 Å². The Hall–Kier alpha value is -2.64. The average Bonchev–Trinajstić information content (AvgIpc) is 2.96. The molecular weight excluding hydrogens is 296 g/mol. The molecule has 0 radical (unpaired) electrons. The lowest BCUT2D eigenvalue weighted by molar-refractivity contribution is -0.384. The van der Waals surface area contributed by atoms with E-state index in [1.165, 1.54) is 0 Å². The Labute approximate surface area is 134 Å². The molecule has 0 bridgehead atoms. The van der Waals surface area contributed by atoms with Crippen molar-refractivity contribution in [1.82, 2.24) is 14.5 Å². The number of nitrogens with one attached hydrogen (secondary N) is 1. The van der Waals surface area contributed by atoms with Crippen LogP contribution in [-0.4, -0.2) is 38.6 Å². The minimum absolute atomic E-state index is 0.0385. The molecule has 0 atom stereocenters. The lowest BCUT2D eigenvalue weighted by atomic mass is 10.1. The number of nitro groups is 1. The molecule has 1 aliphatic heterocycles. The summed E-state index contributed by atoms with van der Waals surface area (Å²) in [7, 11) is 1.98. The summed E-state index contributed by atoms with van der Waals surface area (Å²) in [6.45, 7) is 3.53. The molecule has 3 heterocycles. The average molecular weight is 316 g/mol. The van der Waals surface area contributed by atoms with Gasteiger partial charge in [0.2, 0.25) is 11.8 Å².